The van der Waals surface area contributed by atoms with Crippen LogP contribution in [-0.4, -0.2) is 64.0 Å². The molecule has 1 fully saturated rings. The number of benzene rings is 1. The van der Waals surface area contributed by atoms with Crippen LogP contribution >= 0.6 is 24.0 Å². The van der Waals surface area contributed by atoms with E-state index in [-0.39, 0.29) is 36.0 Å². The summed E-state index contributed by atoms with van der Waals surface area (Å²) in [5.41, 5.74) is 1.76. The fraction of sp³-hybridized carbons (Fsp3) is 0.619. The first kappa shape index (κ1) is 25.6. The highest BCUT2D eigenvalue weighted by molar-refractivity contribution is 14.0. The lowest BCUT2D eigenvalue weighted by Crippen LogP contribution is -2.41. The van der Waals surface area contributed by atoms with Crippen LogP contribution in [0.4, 0.5) is 0 Å². The number of rotatable bonds is 11. The number of nitrogens with zero attached hydrogens (tertiary/aromatic N) is 1. The molecule has 1 aliphatic heterocycles. The quantitative estimate of drug-likeness (QED) is 0.182. The van der Waals surface area contributed by atoms with E-state index >= 15 is 0 Å². The molecule has 1 unspecified atom stereocenters. The number of aliphatic imine (C=N–C) groups is 1. The Morgan fingerprint density at radius 2 is 2.10 bits per heavy atom. The molecular weight excluding hydrogens is 483 g/mol. The van der Waals surface area contributed by atoms with Crippen LogP contribution < -0.4 is 16.0 Å². The van der Waals surface area contributed by atoms with Crippen molar-refractivity contribution < 1.29 is 14.3 Å². The largest absolute Gasteiger partial charge is 0.379 e. The van der Waals surface area contributed by atoms with Crippen LogP contribution in [0.5, 0.6) is 0 Å². The van der Waals surface area contributed by atoms with Crippen LogP contribution in [-0.2, 0) is 9.47 Å². The molecule has 8 heteroatoms. The number of hydrogen-bond acceptors (Lipinski definition) is 4. The van der Waals surface area contributed by atoms with Gasteiger partial charge in [-0.3, -0.25) is 9.79 Å². The lowest BCUT2D eigenvalue weighted by Gasteiger charge is -2.12. The van der Waals surface area contributed by atoms with Gasteiger partial charge in [-0.1, -0.05) is 17.7 Å². The molecule has 1 heterocycles. The van der Waals surface area contributed by atoms with Crippen molar-refractivity contribution in [3.8, 4) is 0 Å². The number of hydrogen-bond donors (Lipinski definition) is 3. The Morgan fingerprint density at radius 3 is 2.83 bits per heavy atom. The maximum Gasteiger partial charge on any atom is 0.251 e. The van der Waals surface area contributed by atoms with Gasteiger partial charge in [0.25, 0.3) is 5.91 Å². The van der Waals surface area contributed by atoms with Crippen LogP contribution in [0.1, 0.15) is 42.1 Å². The Hall–Kier alpha value is -1.39. The molecule has 1 saturated heterocycles. The predicted octanol–water partition coefficient (Wildman–Crippen LogP) is 2.48. The topological polar surface area (TPSA) is 84.0 Å². The molecule has 0 aromatic heterocycles. The molecule has 0 bridgehead atoms. The van der Waals surface area contributed by atoms with Gasteiger partial charge in [0.15, 0.2) is 5.96 Å². The number of aryl methyl sites for hydroxylation is 1. The van der Waals surface area contributed by atoms with E-state index in [9.17, 15) is 4.79 Å². The summed E-state index contributed by atoms with van der Waals surface area (Å²) in [6.45, 7) is 8.86. The normalized spacial score (nSPS) is 16.2. The predicted molar refractivity (Wildman–Crippen MR) is 127 cm³/mol. The molecule has 3 N–H and O–H groups in total. The Morgan fingerprint density at radius 1 is 1.28 bits per heavy atom. The summed E-state index contributed by atoms with van der Waals surface area (Å²) in [6, 6.07) is 7.57. The SMILES string of the molecule is CCNC(=NCCCOCC1CCCO1)NCCNC(=O)c1cccc(C)c1.I. The fourth-order valence-electron chi connectivity index (χ4n) is 2.94. The summed E-state index contributed by atoms with van der Waals surface area (Å²) in [6.07, 6.45) is 3.39. The molecule has 1 amide bonds. The number of guanidine groups is 1. The molecule has 164 valence electrons. The zero-order valence-corrected chi connectivity index (χ0v) is 19.9. The minimum atomic E-state index is -0.0594. The number of ether oxygens (including phenoxy) is 2. The van der Waals surface area contributed by atoms with E-state index in [0.29, 0.717) is 38.4 Å². The van der Waals surface area contributed by atoms with Crippen molar-refractivity contribution in [2.75, 3.05) is 46.0 Å². The van der Waals surface area contributed by atoms with Gasteiger partial charge in [-0.2, -0.15) is 0 Å². The second-order valence-electron chi connectivity index (χ2n) is 6.88. The standard InChI is InChI=1S/C21H34N4O3.HI/c1-3-22-21(24-10-6-13-27-16-19-9-5-14-28-19)25-12-11-23-20(26)18-8-4-7-17(2)15-18;/h4,7-8,15,19H,3,5-6,9-14,16H2,1-2H3,(H,23,26)(H2,22,24,25);1H. The number of halogens is 1. The van der Waals surface area contributed by atoms with E-state index in [1.807, 2.05) is 38.1 Å². The number of amides is 1. The average Bonchev–Trinajstić information content (AvgIpc) is 3.21. The van der Waals surface area contributed by atoms with Crippen molar-refractivity contribution in [2.45, 2.75) is 39.2 Å². The second-order valence-corrected chi connectivity index (χ2v) is 6.88. The van der Waals surface area contributed by atoms with Crippen LogP contribution in [0.2, 0.25) is 0 Å². The summed E-state index contributed by atoms with van der Waals surface area (Å²) in [5.74, 6) is 0.697. The summed E-state index contributed by atoms with van der Waals surface area (Å²) < 4.78 is 11.2. The van der Waals surface area contributed by atoms with Gasteiger partial charge in [-0.15, -0.1) is 24.0 Å². The Kier molecular flexibility index (Phi) is 13.7. The third-order valence-corrected chi connectivity index (χ3v) is 4.37. The number of carbonyl (C=O) groups excluding carboxylic acids is 1. The molecule has 2 rings (SSSR count). The Labute approximate surface area is 191 Å². The van der Waals surface area contributed by atoms with Gasteiger partial charge in [0.2, 0.25) is 0 Å². The lowest BCUT2D eigenvalue weighted by molar-refractivity contribution is 0.0171. The zero-order chi connectivity index (χ0) is 20.0. The lowest BCUT2D eigenvalue weighted by atomic mass is 10.1. The van der Waals surface area contributed by atoms with Crippen molar-refractivity contribution in [3.05, 3.63) is 35.4 Å². The molecule has 7 nitrogen and oxygen atoms in total. The summed E-state index contributed by atoms with van der Waals surface area (Å²) >= 11 is 0. The first-order chi connectivity index (χ1) is 13.7. The summed E-state index contributed by atoms with van der Waals surface area (Å²) in [4.78, 5) is 16.7. The van der Waals surface area contributed by atoms with Crippen molar-refractivity contribution in [2.24, 2.45) is 4.99 Å². The van der Waals surface area contributed by atoms with Gasteiger partial charge < -0.3 is 25.4 Å². The first-order valence-corrected chi connectivity index (χ1v) is 10.3. The molecule has 0 spiro atoms. The van der Waals surface area contributed by atoms with Gasteiger partial charge >= 0.3 is 0 Å². The second kappa shape index (κ2) is 15.4. The van der Waals surface area contributed by atoms with E-state index in [1.54, 1.807) is 0 Å². The van der Waals surface area contributed by atoms with E-state index in [4.69, 9.17) is 9.47 Å². The van der Waals surface area contributed by atoms with E-state index < -0.39 is 0 Å². The third-order valence-electron chi connectivity index (χ3n) is 4.37. The molecule has 0 radical (unpaired) electrons. The van der Waals surface area contributed by atoms with Crippen LogP contribution in [0, 0.1) is 6.92 Å². The number of nitrogens with one attached hydrogen (secondary N) is 3. The van der Waals surface area contributed by atoms with Crippen molar-refractivity contribution >= 4 is 35.8 Å². The molecule has 1 atom stereocenters. The van der Waals surface area contributed by atoms with Crippen LogP contribution in [0.15, 0.2) is 29.3 Å². The molecular formula is C21H35IN4O3. The Bertz CT molecular complexity index is 622. The minimum Gasteiger partial charge on any atom is -0.379 e. The van der Waals surface area contributed by atoms with Crippen LogP contribution in [0.3, 0.4) is 0 Å². The van der Waals surface area contributed by atoms with Crippen molar-refractivity contribution in [1.82, 2.24) is 16.0 Å². The third kappa shape index (κ3) is 10.8. The monoisotopic (exact) mass is 518 g/mol. The van der Waals surface area contributed by atoms with Gasteiger partial charge in [0, 0.05) is 45.0 Å². The maximum absolute atomic E-state index is 12.1. The highest BCUT2D eigenvalue weighted by atomic mass is 127. The Balaban J connectivity index is 0.00000420. The molecule has 29 heavy (non-hydrogen) atoms. The summed E-state index contributed by atoms with van der Waals surface area (Å²) in [5, 5.41) is 9.37. The van der Waals surface area contributed by atoms with Crippen LogP contribution in [0.25, 0.3) is 0 Å². The smallest absolute Gasteiger partial charge is 0.251 e. The van der Waals surface area contributed by atoms with Gasteiger partial charge in [-0.25, -0.2) is 0 Å². The molecule has 1 aromatic carbocycles. The van der Waals surface area contributed by atoms with E-state index in [2.05, 4.69) is 20.9 Å². The average molecular weight is 518 g/mol. The van der Waals surface area contributed by atoms with E-state index in [1.165, 1.54) is 0 Å². The highest BCUT2D eigenvalue weighted by Crippen LogP contribution is 2.11. The molecule has 0 aliphatic carbocycles. The molecule has 1 aromatic rings. The fourth-order valence-corrected chi connectivity index (χ4v) is 2.94. The van der Waals surface area contributed by atoms with Gasteiger partial charge in [0.1, 0.15) is 0 Å². The van der Waals surface area contributed by atoms with Crippen molar-refractivity contribution in [1.29, 1.82) is 0 Å². The van der Waals surface area contributed by atoms with Gasteiger partial charge in [0.05, 0.1) is 12.7 Å². The first-order valence-electron chi connectivity index (χ1n) is 10.3. The number of carbonyl (C=O) groups is 1. The summed E-state index contributed by atoms with van der Waals surface area (Å²) in [7, 11) is 0. The highest BCUT2D eigenvalue weighted by Gasteiger charge is 2.14. The van der Waals surface area contributed by atoms with Crippen molar-refractivity contribution in [3.63, 3.8) is 0 Å². The minimum absolute atomic E-state index is 0. The zero-order valence-electron chi connectivity index (χ0n) is 17.5. The van der Waals surface area contributed by atoms with E-state index in [0.717, 1.165) is 43.9 Å². The van der Waals surface area contributed by atoms with Gasteiger partial charge in [-0.05, 0) is 45.2 Å². The molecule has 0 saturated carbocycles. The molecule has 1 aliphatic rings. The maximum atomic E-state index is 12.1.